The minimum absolute atomic E-state index is 0.00706. The Kier molecular flexibility index (Phi) is 3.20. The SMILES string of the molecule is COC(C)(C)C(=O)NC1(C)CCCC1. The van der Waals surface area contributed by atoms with Crippen LogP contribution in [0.1, 0.15) is 46.5 Å². The van der Waals surface area contributed by atoms with E-state index in [4.69, 9.17) is 4.74 Å². The van der Waals surface area contributed by atoms with E-state index in [0.717, 1.165) is 12.8 Å². The summed E-state index contributed by atoms with van der Waals surface area (Å²) >= 11 is 0. The largest absolute Gasteiger partial charge is 0.369 e. The first kappa shape index (κ1) is 11.5. The van der Waals surface area contributed by atoms with Crippen molar-refractivity contribution >= 4 is 5.91 Å². The predicted molar refractivity (Wildman–Crippen MR) is 56.1 cm³/mol. The van der Waals surface area contributed by atoms with E-state index in [0.29, 0.717) is 0 Å². The summed E-state index contributed by atoms with van der Waals surface area (Å²) in [4.78, 5) is 11.8. The van der Waals surface area contributed by atoms with Crippen LogP contribution in [0.3, 0.4) is 0 Å². The van der Waals surface area contributed by atoms with Crippen molar-refractivity contribution < 1.29 is 9.53 Å². The molecule has 0 aromatic rings. The third-order valence-corrected chi connectivity index (χ3v) is 3.18. The molecule has 0 aromatic carbocycles. The van der Waals surface area contributed by atoms with Crippen molar-refractivity contribution in [1.82, 2.24) is 5.32 Å². The van der Waals surface area contributed by atoms with Gasteiger partial charge in [0.2, 0.25) is 0 Å². The standard InChI is InChI=1S/C11H21NO2/c1-10(2,14-4)9(13)12-11(3)7-5-6-8-11/h5-8H2,1-4H3,(H,12,13). The lowest BCUT2D eigenvalue weighted by molar-refractivity contribution is -0.141. The second kappa shape index (κ2) is 3.89. The Hall–Kier alpha value is -0.570. The van der Waals surface area contributed by atoms with Crippen LogP contribution in [0.25, 0.3) is 0 Å². The van der Waals surface area contributed by atoms with Gasteiger partial charge in [0.25, 0.3) is 5.91 Å². The Bertz CT molecular complexity index is 217. The lowest BCUT2D eigenvalue weighted by atomic mass is 9.98. The highest BCUT2D eigenvalue weighted by Crippen LogP contribution is 2.29. The number of ether oxygens (including phenoxy) is 1. The van der Waals surface area contributed by atoms with E-state index >= 15 is 0 Å². The van der Waals surface area contributed by atoms with Gasteiger partial charge < -0.3 is 10.1 Å². The van der Waals surface area contributed by atoms with Gasteiger partial charge in [0.15, 0.2) is 0 Å². The number of carbonyl (C=O) groups is 1. The zero-order valence-corrected chi connectivity index (χ0v) is 9.64. The summed E-state index contributed by atoms with van der Waals surface area (Å²) in [5, 5.41) is 3.08. The monoisotopic (exact) mass is 199 g/mol. The van der Waals surface area contributed by atoms with Crippen LogP contribution in [0.15, 0.2) is 0 Å². The summed E-state index contributed by atoms with van der Waals surface area (Å²) in [5.74, 6) is -0.00981. The van der Waals surface area contributed by atoms with Gasteiger partial charge >= 0.3 is 0 Å². The minimum Gasteiger partial charge on any atom is -0.369 e. The van der Waals surface area contributed by atoms with Gasteiger partial charge in [-0.3, -0.25) is 4.79 Å². The number of nitrogens with one attached hydrogen (secondary N) is 1. The second-order valence-electron chi connectivity index (χ2n) is 4.94. The number of methoxy groups -OCH3 is 1. The van der Waals surface area contributed by atoms with Crippen LogP contribution >= 0.6 is 0 Å². The summed E-state index contributed by atoms with van der Waals surface area (Å²) in [6.45, 7) is 5.70. The summed E-state index contributed by atoms with van der Waals surface area (Å²) in [7, 11) is 1.57. The molecule has 0 heterocycles. The highest BCUT2D eigenvalue weighted by atomic mass is 16.5. The summed E-state index contributed by atoms with van der Waals surface area (Å²) in [6, 6.07) is 0. The molecule has 1 rings (SSSR count). The maximum atomic E-state index is 11.8. The summed E-state index contributed by atoms with van der Waals surface area (Å²) < 4.78 is 5.14. The Balaban J connectivity index is 2.55. The predicted octanol–water partition coefficient (Wildman–Crippen LogP) is 1.86. The fraction of sp³-hybridized carbons (Fsp3) is 0.909. The molecule has 0 spiro atoms. The van der Waals surface area contributed by atoms with Gasteiger partial charge in [-0.2, -0.15) is 0 Å². The van der Waals surface area contributed by atoms with E-state index in [9.17, 15) is 4.79 Å². The van der Waals surface area contributed by atoms with Crippen molar-refractivity contribution in [3.05, 3.63) is 0 Å². The lowest BCUT2D eigenvalue weighted by Gasteiger charge is -2.30. The molecule has 0 saturated heterocycles. The van der Waals surface area contributed by atoms with Crippen LogP contribution in [0.4, 0.5) is 0 Å². The molecule has 0 unspecified atom stereocenters. The van der Waals surface area contributed by atoms with Gasteiger partial charge in [0, 0.05) is 12.6 Å². The maximum absolute atomic E-state index is 11.8. The molecule has 0 aromatic heterocycles. The van der Waals surface area contributed by atoms with Crippen LogP contribution < -0.4 is 5.32 Å². The maximum Gasteiger partial charge on any atom is 0.252 e. The number of carbonyl (C=O) groups excluding carboxylic acids is 1. The van der Waals surface area contributed by atoms with E-state index in [2.05, 4.69) is 12.2 Å². The van der Waals surface area contributed by atoms with Gasteiger partial charge in [0.05, 0.1) is 0 Å². The smallest absolute Gasteiger partial charge is 0.252 e. The first-order valence-electron chi connectivity index (χ1n) is 5.27. The van der Waals surface area contributed by atoms with Crippen LogP contribution in [0, 0.1) is 0 Å². The molecule has 14 heavy (non-hydrogen) atoms. The molecule has 1 saturated carbocycles. The molecule has 1 aliphatic rings. The minimum atomic E-state index is -0.717. The zero-order valence-electron chi connectivity index (χ0n) is 9.64. The lowest BCUT2D eigenvalue weighted by Crippen LogP contribution is -2.52. The molecule has 3 nitrogen and oxygen atoms in total. The van der Waals surface area contributed by atoms with Gasteiger partial charge in [-0.05, 0) is 33.6 Å². The highest BCUT2D eigenvalue weighted by Gasteiger charge is 2.35. The Labute approximate surface area is 86.2 Å². The molecule has 1 aliphatic carbocycles. The average molecular weight is 199 g/mol. The van der Waals surface area contributed by atoms with Crippen molar-refractivity contribution in [2.75, 3.05) is 7.11 Å². The van der Waals surface area contributed by atoms with E-state index < -0.39 is 5.60 Å². The van der Waals surface area contributed by atoms with Crippen LogP contribution in [-0.2, 0) is 9.53 Å². The van der Waals surface area contributed by atoms with Crippen molar-refractivity contribution in [2.45, 2.75) is 57.6 Å². The van der Waals surface area contributed by atoms with E-state index in [1.165, 1.54) is 12.8 Å². The van der Waals surface area contributed by atoms with Crippen molar-refractivity contribution in [3.8, 4) is 0 Å². The Morgan fingerprint density at radius 3 is 2.29 bits per heavy atom. The van der Waals surface area contributed by atoms with Gasteiger partial charge in [-0.25, -0.2) is 0 Å². The number of amides is 1. The molecule has 0 radical (unpaired) electrons. The van der Waals surface area contributed by atoms with Crippen LogP contribution in [-0.4, -0.2) is 24.2 Å². The molecule has 1 amide bonds. The molecule has 0 aliphatic heterocycles. The number of hydrogen-bond donors (Lipinski definition) is 1. The number of rotatable bonds is 3. The van der Waals surface area contributed by atoms with Gasteiger partial charge in [-0.1, -0.05) is 12.8 Å². The first-order valence-corrected chi connectivity index (χ1v) is 5.27. The molecule has 1 fully saturated rings. The topological polar surface area (TPSA) is 38.3 Å². The average Bonchev–Trinajstić information content (AvgIpc) is 2.52. The second-order valence-corrected chi connectivity index (χ2v) is 4.94. The van der Waals surface area contributed by atoms with Crippen molar-refractivity contribution in [3.63, 3.8) is 0 Å². The Morgan fingerprint density at radius 2 is 1.86 bits per heavy atom. The quantitative estimate of drug-likeness (QED) is 0.753. The van der Waals surface area contributed by atoms with Crippen LogP contribution in [0.2, 0.25) is 0 Å². The third kappa shape index (κ3) is 2.47. The van der Waals surface area contributed by atoms with Gasteiger partial charge in [-0.15, -0.1) is 0 Å². The van der Waals surface area contributed by atoms with Crippen molar-refractivity contribution in [2.24, 2.45) is 0 Å². The molecule has 0 bridgehead atoms. The Morgan fingerprint density at radius 1 is 1.36 bits per heavy atom. The first-order chi connectivity index (χ1) is 6.40. The summed E-state index contributed by atoms with van der Waals surface area (Å²) in [5.41, 5.74) is -0.724. The third-order valence-electron chi connectivity index (χ3n) is 3.18. The zero-order chi connectivity index (χ0) is 10.8. The fourth-order valence-electron chi connectivity index (χ4n) is 1.80. The normalized spacial score (nSPS) is 20.9. The van der Waals surface area contributed by atoms with E-state index in [1.54, 1.807) is 21.0 Å². The van der Waals surface area contributed by atoms with Crippen LogP contribution in [0.5, 0.6) is 0 Å². The molecule has 1 N–H and O–H groups in total. The van der Waals surface area contributed by atoms with Crippen molar-refractivity contribution in [1.29, 1.82) is 0 Å². The fourth-order valence-corrected chi connectivity index (χ4v) is 1.80. The van der Waals surface area contributed by atoms with E-state index in [-0.39, 0.29) is 11.4 Å². The number of hydrogen-bond acceptors (Lipinski definition) is 2. The molecule has 82 valence electrons. The highest BCUT2D eigenvalue weighted by molar-refractivity contribution is 5.84. The summed E-state index contributed by atoms with van der Waals surface area (Å²) in [6.07, 6.45) is 4.59. The molecule has 0 atom stereocenters. The molecular formula is C11H21NO2. The van der Waals surface area contributed by atoms with E-state index in [1.807, 2.05) is 0 Å². The van der Waals surface area contributed by atoms with Gasteiger partial charge in [0.1, 0.15) is 5.60 Å². The molecule has 3 heteroatoms. The molecular weight excluding hydrogens is 178 g/mol.